The maximum Gasteiger partial charge on any atom is 0.279 e. The molecule has 1 aliphatic rings. The second kappa shape index (κ2) is 10.00. The van der Waals surface area contributed by atoms with Crippen LogP contribution in [0.15, 0.2) is 76.4 Å². The number of amides is 1. The average molecular weight is 493 g/mol. The largest absolute Gasteiger partial charge is 0.436 e. The monoisotopic (exact) mass is 492 g/mol. The number of hydrogen-bond donors (Lipinski definition) is 3. The van der Waals surface area contributed by atoms with Gasteiger partial charge in [-0.05, 0) is 47.1 Å². The number of anilines is 3. The van der Waals surface area contributed by atoms with E-state index in [1.54, 1.807) is 42.5 Å². The van der Waals surface area contributed by atoms with Crippen LogP contribution in [0.2, 0.25) is 5.02 Å². The van der Waals surface area contributed by atoms with Gasteiger partial charge in [0.1, 0.15) is 17.7 Å². The highest BCUT2D eigenvalue weighted by molar-refractivity contribution is 6.30. The Morgan fingerprint density at radius 3 is 2.57 bits per heavy atom. The molecule has 3 heterocycles. The third-order valence-electron chi connectivity index (χ3n) is 5.46. The molecule has 0 radical (unpaired) electrons. The van der Waals surface area contributed by atoms with Gasteiger partial charge in [0.05, 0.1) is 18.7 Å². The van der Waals surface area contributed by atoms with E-state index in [4.69, 9.17) is 20.9 Å². The van der Waals surface area contributed by atoms with Crippen LogP contribution in [0.1, 0.15) is 5.56 Å². The molecule has 4 aromatic rings. The van der Waals surface area contributed by atoms with Crippen molar-refractivity contribution < 1.29 is 14.1 Å². The quantitative estimate of drug-likeness (QED) is 0.341. The van der Waals surface area contributed by atoms with E-state index in [0.717, 1.165) is 5.56 Å². The van der Waals surface area contributed by atoms with Crippen molar-refractivity contribution in [1.82, 2.24) is 20.0 Å². The standard InChI is InChI=1S/C24H21ClN6O4/c25-17-3-1-15(2-4-17)14-31-23(33)20(29-22(32)16-11-26-12-16)13-27-24(31)28-18-5-7-19(8-6-18)35-21-9-10-34-30-21/h1-10,13,16,26H,11-12,14H2,(H,27,28)(H,29,32). The van der Waals surface area contributed by atoms with E-state index in [1.807, 2.05) is 12.1 Å². The fraction of sp³-hybridized carbons (Fsp3) is 0.167. The van der Waals surface area contributed by atoms with Crippen LogP contribution in [0.5, 0.6) is 11.6 Å². The molecule has 3 N–H and O–H groups in total. The Kier molecular flexibility index (Phi) is 6.47. The van der Waals surface area contributed by atoms with Crippen LogP contribution in [0.3, 0.4) is 0 Å². The van der Waals surface area contributed by atoms with Gasteiger partial charge in [-0.25, -0.2) is 4.98 Å². The second-order valence-electron chi connectivity index (χ2n) is 7.95. The summed E-state index contributed by atoms with van der Waals surface area (Å²) in [6, 6.07) is 15.9. The normalized spacial score (nSPS) is 13.2. The predicted molar refractivity (Wildman–Crippen MR) is 130 cm³/mol. The smallest absolute Gasteiger partial charge is 0.279 e. The summed E-state index contributed by atoms with van der Waals surface area (Å²) in [5, 5.41) is 13.2. The molecule has 0 unspecified atom stereocenters. The Balaban J connectivity index is 1.41. The summed E-state index contributed by atoms with van der Waals surface area (Å²) in [6.07, 6.45) is 2.79. The van der Waals surface area contributed by atoms with Gasteiger partial charge in [0.2, 0.25) is 11.9 Å². The number of halogens is 1. The number of benzene rings is 2. The molecule has 10 nitrogen and oxygen atoms in total. The molecule has 0 spiro atoms. The molecule has 1 fully saturated rings. The lowest BCUT2D eigenvalue weighted by Gasteiger charge is -2.25. The van der Waals surface area contributed by atoms with Gasteiger partial charge in [0, 0.05) is 29.9 Å². The summed E-state index contributed by atoms with van der Waals surface area (Å²) in [6.45, 7) is 1.41. The number of ether oxygens (including phenoxy) is 1. The van der Waals surface area contributed by atoms with Crippen molar-refractivity contribution in [3.63, 3.8) is 0 Å². The molecule has 0 saturated carbocycles. The number of hydrogen-bond acceptors (Lipinski definition) is 8. The van der Waals surface area contributed by atoms with Gasteiger partial charge in [-0.2, -0.15) is 0 Å². The topological polar surface area (TPSA) is 123 Å². The number of rotatable bonds is 8. The van der Waals surface area contributed by atoms with Crippen molar-refractivity contribution in [2.75, 3.05) is 23.7 Å². The lowest BCUT2D eigenvalue weighted by atomic mass is 10.0. The minimum Gasteiger partial charge on any atom is -0.436 e. The molecule has 178 valence electrons. The molecule has 1 saturated heterocycles. The first-order valence-electron chi connectivity index (χ1n) is 10.9. The minimum absolute atomic E-state index is 0.123. The molecule has 11 heteroatoms. The van der Waals surface area contributed by atoms with Gasteiger partial charge in [0.15, 0.2) is 0 Å². The Morgan fingerprint density at radius 2 is 1.91 bits per heavy atom. The lowest BCUT2D eigenvalue weighted by Crippen LogP contribution is -2.49. The third kappa shape index (κ3) is 5.34. The van der Waals surface area contributed by atoms with Gasteiger partial charge in [-0.15, -0.1) is 0 Å². The molecule has 1 amide bonds. The molecule has 5 rings (SSSR count). The predicted octanol–water partition coefficient (Wildman–Crippen LogP) is 3.63. The van der Waals surface area contributed by atoms with E-state index >= 15 is 0 Å². The SMILES string of the molecule is O=C(Nc1cnc(Nc2ccc(Oc3ccon3)cc2)n(Cc2ccc(Cl)cc2)c1=O)C1CNC1. The van der Waals surface area contributed by atoms with Crippen LogP contribution in [0.25, 0.3) is 0 Å². The number of aromatic nitrogens is 3. The van der Waals surface area contributed by atoms with Crippen LogP contribution < -0.4 is 26.2 Å². The highest BCUT2D eigenvalue weighted by Gasteiger charge is 2.26. The highest BCUT2D eigenvalue weighted by atomic mass is 35.5. The van der Waals surface area contributed by atoms with Crippen molar-refractivity contribution in [2.45, 2.75) is 6.54 Å². The van der Waals surface area contributed by atoms with Crippen molar-refractivity contribution >= 4 is 34.8 Å². The van der Waals surface area contributed by atoms with Crippen LogP contribution in [-0.2, 0) is 11.3 Å². The van der Waals surface area contributed by atoms with Crippen molar-refractivity contribution in [1.29, 1.82) is 0 Å². The van der Waals surface area contributed by atoms with Crippen LogP contribution >= 0.6 is 11.6 Å². The number of carbonyl (C=O) groups is 1. The number of nitrogens with zero attached hydrogens (tertiary/aromatic N) is 3. The summed E-state index contributed by atoms with van der Waals surface area (Å²) in [4.78, 5) is 30.2. The molecule has 0 bridgehead atoms. The summed E-state index contributed by atoms with van der Waals surface area (Å²) in [5.41, 5.74) is 1.29. The van der Waals surface area contributed by atoms with E-state index in [9.17, 15) is 9.59 Å². The van der Waals surface area contributed by atoms with Gasteiger partial charge in [-0.3, -0.25) is 14.2 Å². The summed E-state index contributed by atoms with van der Waals surface area (Å²) < 4.78 is 11.8. The van der Waals surface area contributed by atoms with E-state index in [-0.39, 0.29) is 29.6 Å². The fourth-order valence-corrected chi connectivity index (χ4v) is 3.54. The molecule has 2 aromatic heterocycles. The first-order chi connectivity index (χ1) is 17.0. The zero-order valence-corrected chi connectivity index (χ0v) is 19.2. The third-order valence-corrected chi connectivity index (χ3v) is 5.71. The Bertz CT molecular complexity index is 1370. The molecule has 1 aliphatic heterocycles. The van der Waals surface area contributed by atoms with Crippen molar-refractivity contribution in [3.8, 4) is 11.6 Å². The lowest BCUT2D eigenvalue weighted by molar-refractivity contribution is -0.121. The van der Waals surface area contributed by atoms with Crippen LogP contribution in [-0.4, -0.2) is 33.7 Å². The first kappa shape index (κ1) is 22.6. The molecule has 2 aromatic carbocycles. The van der Waals surface area contributed by atoms with E-state index in [1.165, 1.54) is 17.0 Å². The van der Waals surface area contributed by atoms with E-state index in [0.29, 0.717) is 41.4 Å². The number of carbonyl (C=O) groups excluding carboxylic acids is 1. The summed E-state index contributed by atoms with van der Waals surface area (Å²) >= 11 is 6.01. The van der Waals surface area contributed by atoms with Gasteiger partial charge >= 0.3 is 0 Å². The highest BCUT2D eigenvalue weighted by Crippen LogP contribution is 2.23. The Morgan fingerprint density at radius 1 is 1.14 bits per heavy atom. The van der Waals surface area contributed by atoms with E-state index in [2.05, 4.69) is 26.1 Å². The maximum absolute atomic E-state index is 13.3. The maximum atomic E-state index is 13.3. The fourth-order valence-electron chi connectivity index (χ4n) is 3.42. The first-order valence-corrected chi connectivity index (χ1v) is 11.2. The van der Waals surface area contributed by atoms with Gasteiger partial charge < -0.3 is 25.2 Å². The molecular weight excluding hydrogens is 472 g/mol. The molecule has 0 aliphatic carbocycles. The number of nitrogens with one attached hydrogen (secondary N) is 3. The van der Waals surface area contributed by atoms with Crippen molar-refractivity contribution in [2.24, 2.45) is 5.92 Å². The zero-order valence-electron chi connectivity index (χ0n) is 18.4. The molecule has 35 heavy (non-hydrogen) atoms. The minimum atomic E-state index is -0.371. The van der Waals surface area contributed by atoms with Crippen LogP contribution in [0.4, 0.5) is 17.3 Å². The summed E-state index contributed by atoms with van der Waals surface area (Å²) in [5.74, 6) is 0.872. The Labute approximate surface area is 204 Å². The van der Waals surface area contributed by atoms with Crippen molar-refractivity contribution in [3.05, 3.63) is 88.0 Å². The zero-order chi connectivity index (χ0) is 24.2. The van der Waals surface area contributed by atoms with Crippen LogP contribution in [0, 0.1) is 5.92 Å². The average Bonchev–Trinajstić information content (AvgIpc) is 3.32. The molecule has 0 atom stereocenters. The summed E-state index contributed by atoms with van der Waals surface area (Å²) in [7, 11) is 0. The second-order valence-corrected chi connectivity index (χ2v) is 8.38. The van der Waals surface area contributed by atoms with Gasteiger partial charge in [-0.1, -0.05) is 23.7 Å². The Hall–Kier alpha value is -4.15. The van der Waals surface area contributed by atoms with Gasteiger partial charge in [0.25, 0.3) is 11.4 Å². The molecular formula is C24H21ClN6O4. The van der Waals surface area contributed by atoms with E-state index < -0.39 is 0 Å².